The third kappa shape index (κ3) is 6.17. The van der Waals surface area contributed by atoms with E-state index in [4.69, 9.17) is 22.4 Å². The van der Waals surface area contributed by atoms with Crippen LogP contribution in [0, 0.1) is 12.3 Å². The van der Waals surface area contributed by atoms with E-state index >= 15 is 0 Å². The van der Waals surface area contributed by atoms with Gasteiger partial charge in [0.2, 0.25) is 5.91 Å². The molecular formula is C10H14N2O5. The van der Waals surface area contributed by atoms with Crippen molar-refractivity contribution in [3.8, 4) is 12.3 Å². The fourth-order valence-electron chi connectivity index (χ4n) is 1.12. The Morgan fingerprint density at radius 2 is 1.88 bits per heavy atom. The lowest BCUT2D eigenvalue weighted by Gasteiger charge is -2.21. The van der Waals surface area contributed by atoms with E-state index in [9.17, 15) is 14.4 Å². The zero-order chi connectivity index (χ0) is 13.4. The molecule has 0 aliphatic heterocycles. The molecule has 1 amide bonds. The molecule has 0 aliphatic rings. The number of nitrogens with two attached hydrogens (primary N) is 1. The number of carboxylic acid groups (broad SMARTS) is 2. The highest BCUT2D eigenvalue weighted by atomic mass is 16.4. The topological polar surface area (TPSA) is 121 Å². The molecule has 0 aromatic heterocycles. The molecule has 0 fully saturated rings. The third-order valence-corrected chi connectivity index (χ3v) is 1.91. The highest BCUT2D eigenvalue weighted by molar-refractivity contribution is 5.85. The van der Waals surface area contributed by atoms with Gasteiger partial charge in [-0.15, -0.1) is 6.42 Å². The summed E-state index contributed by atoms with van der Waals surface area (Å²) in [5.74, 6) is -0.800. The predicted octanol–water partition coefficient (Wildman–Crippen LogP) is -1.28. The van der Waals surface area contributed by atoms with E-state index in [1.807, 2.05) is 0 Å². The molecule has 17 heavy (non-hydrogen) atoms. The Balaban J connectivity index is 4.44. The largest absolute Gasteiger partial charge is 0.481 e. The Morgan fingerprint density at radius 1 is 1.29 bits per heavy atom. The molecule has 0 bridgehead atoms. The maximum Gasteiger partial charge on any atom is 0.323 e. The minimum absolute atomic E-state index is 0.0607. The van der Waals surface area contributed by atoms with Gasteiger partial charge in [0.15, 0.2) is 0 Å². The minimum Gasteiger partial charge on any atom is -0.481 e. The van der Waals surface area contributed by atoms with Gasteiger partial charge in [0.1, 0.15) is 6.54 Å². The molecule has 0 aliphatic carbocycles. The summed E-state index contributed by atoms with van der Waals surface area (Å²) in [6.45, 7) is -0.726. The molecule has 1 unspecified atom stereocenters. The van der Waals surface area contributed by atoms with Gasteiger partial charge in [0.25, 0.3) is 0 Å². The Labute approximate surface area is 98.2 Å². The van der Waals surface area contributed by atoms with E-state index in [0.29, 0.717) is 0 Å². The Kier molecular flexibility index (Phi) is 6.36. The van der Waals surface area contributed by atoms with Crippen LogP contribution >= 0.6 is 0 Å². The highest BCUT2D eigenvalue weighted by Gasteiger charge is 2.22. The van der Waals surface area contributed by atoms with Gasteiger partial charge >= 0.3 is 11.9 Å². The summed E-state index contributed by atoms with van der Waals surface area (Å²) in [5, 5.41) is 17.0. The fraction of sp³-hybridized carbons (Fsp3) is 0.500. The number of carbonyl (C=O) groups excluding carboxylic acids is 1. The number of carbonyl (C=O) groups is 3. The summed E-state index contributed by atoms with van der Waals surface area (Å²) in [6.07, 6.45) is 4.67. The minimum atomic E-state index is -1.21. The summed E-state index contributed by atoms with van der Waals surface area (Å²) >= 11 is 0. The first-order valence-corrected chi connectivity index (χ1v) is 4.80. The van der Waals surface area contributed by atoms with E-state index in [0.717, 1.165) is 4.90 Å². The van der Waals surface area contributed by atoms with E-state index < -0.39 is 30.4 Å². The summed E-state index contributed by atoms with van der Waals surface area (Å²) in [6, 6.07) is -1.06. The lowest BCUT2D eigenvalue weighted by Crippen LogP contribution is -2.46. The average molecular weight is 242 g/mol. The van der Waals surface area contributed by atoms with Gasteiger partial charge in [-0.3, -0.25) is 14.4 Å². The number of rotatable bonds is 7. The smallest absolute Gasteiger partial charge is 0.323 e. The fourth-order valence-corrected chi connectivity index (χ4v) is 1.12. The molecule has 0 radical (unpaired) electrons. The normalized spacial score (nSPS) is 11.3. The Hall–Kier alpha value is -2.07. The Morgan fingerprint density at radius 3 is 2.29 bits per heavy atom. The maximum atomic E-state index is 11.6. The molecule has 0 aromatic rings. The third-order valence-electron chi connectivity index (χ3n) is 1.91. The van der Waals surface area contributed by atoms with Crippen LogP contribution < -0.4 is 5.73 Å². The van der Waals surface area contributed by atoms with E-state index in [-0.39, 0.29) is 19.4 Å². The summed E-state index contributed by atoms with van der Waals surface area (Å²) in [7, 11) is 0. The van der Waals surface area contributed by atoms with E-state index in [2.05, 4.69) is 5.92 Å². The van der Waals surface area contributed by atoms with Crippen molar-refractivity contribution < 1.29 is 24.6 Å². The zero-order valence-corrected chi connectivity index (χ0v) is 9.13. The number of amides is 1. The second-order valence-corrected chi connectivity index (χ2v) is 3.33. The number of hydrogen-bond donors (Lipinski definition) is 3. The van der Waals surface area contributed by atoms with Crippen LogP contribution in [0.4, 0.5) is 0 Å². The van der Waals surface area contributed by atoms with Gasteiger partial charge in [0, 0.05) is 6.42 Å². The van der Waals surface area contributed by atoms with Crippen molar-refractivity contribution in [3.05, 3.63) is 0 Å². The van der Waals surface area contributed by atoms with Crippen molar-refractivity contribution in [2.45, 2.75) is 18.9 Å². The number of nitrogens with zero attached hydrogens (tertiary/aromatic N) is 1. The van der Waals surface area contributed by atoms with Crippen LogP contribution in [0.5, 0.6) is 0 Å². The lowest BCUT2D eigenvalue weighted by atomic mass is 10.1. The molecule has 0 rings (SSSR count). The molecule has 1 atom stereocenters. The molecule has 7 heteroatoms. The van der Waals surface area contributed by atoms with Crippen molar-refractivity contribution in [2.75, 3.05) is 13.1 Å². The number of carboxylic acids is 2. The van der Waals surface area contributed by atoms with Crippen LogP contribution in [-0.4, -0.2) is 52.1 Å². The van der Waals surface area contributed by atoms with Crippen LogP contribution in [-0.2, 0) is 14.4 Å². The van der Waals surface area contributed by atoms with Crippen molar-refractivity contribution >= 4 is 17.8 Å². The summed E-state index contributed by atoms with van der Waals surface area (Å²) < 4.78 is 0. The molecule has 94 valence electrons. The zero-order valence-electron chi connectivity index (χ0n) is 9.13. The van der Waals surface area contributed by atoms with Gasteiger partial charge in [-0.1, -0.05) is 5.92 Å². The standard InChI is InChI=1S/C10H14N2O5/c1-2-5-12(6-9(15)16)10(17)7(11)3-4-8(13)14/h1,7H,3-6,11H2,(H,13,14)(H,15,16). The molecule has 0 aromatic carbocycles. The van der Waals surface area contributed by atoms with Crippen LogP contribution in [0.15, 0.2) is 0 Å². The quantitative estimate of drug-likeness (QED) is 0.478. The van der Waals surface area contributed by atoms with Gasteiger partial charge < -0.3 is 20.8 Å². The molecular weight excluding hydrogens is 228 g/mol. The first kappa shape index (κ1) is 14.9. The van der Waals surface area contributed by atoms with Gasteiger partial charge in [-0.05, 0) is 6.42 Å². The van der Waals surface area contributed by atoms with Crippen LogP contribution in [0.2, 0.25) is 0 Å². The number of terminal acetylenes is 1. The summed E-state index contributed by atoms with van der Waals surface area (Å²) in [4.78, 5) is 33.3. The van der Waals surface area contributed by atoms with Crippen molar-refractivity contribution in [1.82, 2.24) is 4.90 Å². The molecule has 0 saturated carbocycles. The van der Waals surface area contributed by atoms with Crippen molar-refractivity contribution in [2.24, 2.45) is 5.73 Å². The van der Waals surface area contributed by atoms with Crippen LogP contribution in [0.3, 0.4) is 0 Å². The van der Waals surface area contributed by atoms with Gasteiger partial charge in [-0.25, -0.2) is 0 Å². The lowest BCUT2D eigenvalue weighted by molar-refractivity contribution is -0.145. The molecule has 4 N–H and O–H groups in total. The SMILES string of the molecule is C#CCN(CC(=O)O)C(=O)C(N)CCC(=O)O. The number of hydrogen-bond acceptors (Lipinski definition) is 4. The van der Waals surface area contributed by atoms with E-state index in [1.165, 1.54) is 0 Å². The molecule has 7 nitrogen and oxygen atoms in total. The first-order chi connectivity index (χ1) is 7.88. The molecule has 0 heterocycles. The van der Waals surface area contributed by atoms with Crippen LogP contribution in [0.1, 0.15) is 12.8 Å². The summed E-state index contributed by atoms with van der Waals surface area (Å²) in [5.41, 5.74) is 5.46. The van der Waals surface area contributed by atoms with Crippen LogP contribution in [0.25, 0.3) is 0 Å². The monoisotopic (exact) mass is 242 g/mol. The van der Waals surface area contributed by atoms with Gasteiger partial charge in [-0.2, -0.15) is 0 Å². The molecule has 0 saturated heterocycles. The first-order valence-electron chi connectivity index (χ1n) is 4.80. The second-order valence-electron chi connectivity index (χ2n) is 3.33. The van der Waals surface area contributed by atoms with E-state index in [1.54, 1.807) is 0 Å². The Bertz CT molecular complexity index is 347. The van der Waals surface area contributed by atoms with Gasteiger partial charge in [0.05, 0.1) is 12.6 Å². The average Bonchev–Trinajstić information content (AvgIpc) is 2.23. The van der Waals surface area contributed by atoms with Crippen molar-refractivity contribution in [1.29, 1.82) is 0 Å². The molecule has 0 spiro atoms. The number of aliphatic carboxylic acids is 2. The maximum absolute atomic E-state index is 11.6. The van der Waals surface area contributed by atoms with Crippen molar-refractivity contribution in [3.63, 3.8) is 0 Å². The highest BCUT2D eigenvalue weighted by Crippen LogP contribution is 2.00. The second kappa shape index (κ2) is 7.24. The predicted molar refractivity (Wildman–Crippen MR) is 57.9 cm³/mol.